The minimum absolute atomic E-state index is 0.0639. The number of ether oxygens (including phenoxy) is 2. The fourth-order valence-corrected chi connectivity index (χ4v) is 2.60. The van der Waals surface area contributed by atoms with Gasteiger partial charge in [-0.3, -0.25) is 0 Å². The lowest BCUT2D eigenvalue weighted by atomic mass is 10.1. The summed E-state index contributed by atoms with van der Waals surface area (Å²) in [6.07, 6.45) is -3.12. The second kappa shape index (κ2) is 7.90. The summed E-state index contributed by atoms with van der Waals surface area (Å²) in [5, 5.41) is 0. The highest BCUT2D eigenvalue weighted by Crippen LogP contribution is 2.24. The summed E-state index contributed by atoms with van der Waals surface area (Å²) in [6, 6.07) is 7.48. The zero-order chi connectivity index (χ0) is 16.9. The number of benzene rings is 1. The van der Waals surface area contributed by atoms with E-state index in [9.17, 15) is 13.2 Å². The number of alkyl halides is 3. The van der Waals surface area contributed by atoms with E-state index in [1.54, 1.807) is 0 Å². The average Bonchev–Trinajstić information content (AvgIpc) is 2.47. The molecular formula is C17H24F3NO2. The molecule has 1 heterocycles. The van der Waals surface area contributed by atoms with Crippen molar-refractivity contribution in [3.05, 3.63) is 24.3 Å². The summed E-state index contributed by atoms with van der Waals surface area (Å²) in [5.41, 5.74) is 0. The molecule has 1 saturated heterocycles. The minimum Gasteiger partial charge on any atom is -0.491 e. The first kappa shape index (κ1) is 17.9. The third-order valence-electron chi connectivity index (χ3n) is 3.74. The van der Waals surface area contributed by atoms with E-state index in [1.807, 2.05) is 43.0 Å². The quantitative estimate of drug-likeness (QED) is 0.777. The highest BCUT2D eigenvalue weighted by atomic mass is 19.4. The third kappa shape index (κ3) is 6.69. The van der Waals surface area contributed by atoms with Gasteiger partial charge in [-0.25, -0.2) is 0 Å². The summed E-state index contributed by atoms with van der Waals surface area (Å²) >= 11 is 0. The average molecular weight is 331 g/mol. The van der Waals surface area contributed by atoms with Crippen LogP contribution in [-0.2, 0) is 0 Å². The molecule has 0 unspecified atom stereocenters. The Hall–Kier alpha value is -1.43. The molecule has 130 valence electrons. The molecule has 1 aliphatic rings. The van der Waals surface area contributed by atoms with Gasteiger partial charge in [-0.2, -0.15) is 13.2 Å². The number of halogens is 3. The van der Waals surface area contributed by atoms with Gasteiger partial charge in [0.05, 0.1) is 12.5 Å². The van der Waals surface area contributed by atoms with Crippen LogP contribution in [0, 0.1) is 0 Å². The summed E-state index contributed by atoms with van der Waals surface area (Å²) < 4.78 is 48.2. The maximum Gasteiger partial charge on any atom is 0.390 e. The van der Waals surface area contributed by atoms with Crippen LogP contribution in [0.2, 0.25) is 0 Å². The van der Waals surface area contributed by atoms with E-state index >= 15 is 0 Å². The molecule has 1 aromatic carbocycles. The van der Waals surface area contributed by atoms with Gasteiger partial charge in [-0.15, -0.1) is 0 Å². The molecule has 2 rings (SSSR count). The number of hydrogen-bond acceptors (Lipinski definition) is 3. The Morgan fingerprint density at radius 1 is 1.09 bits per heavy atom. The third-order valence-corrected chi connectivity index (χ3v) is 3.74. The number of rotatable bonds is 6. The zero-order valence-electron chi connectivity index (χ0n) is 13.6. The molecule has 0 radical (unpaired) electrons. The van der Waals surface area contributed by atoms with Crippen LogP contribution in [0.15, 0.2) is 24.3 Å². The van der Waals surface area contributed by atoms with Crippen LogP contribution in [-0.4, -0.2) is 42.9 Å². The monoisotopic (exact) mass is 331 g/mol. The van der Waals surface area contributed by atoms with Crippen LogP contribution in [0.1, 0.15) is 33.1 Å². The lowest BCUT2D eigenvalue weighted by molar-refractivity contribution is -0.138. The SMILES string of the molecule is CC(C)Oc1ccc(OC2CCN(CCC(F)(F)F)CC2)cc1. The van der Waals surface area contributed by atoms with Gasteiger partial charge in [-0.05, 0) is 51.0 Å². The topological polar surface area (TPSA) is 21.7 Å². The van der Waals surface area contributed by atoms with E-state index in [0.717, 1.165) is 24.3 Å². The molecule has 0 aromatic heterocycles. The van der Waals surface area contributed by atoms with Crippen LogP contribution >= 0.6 is 0 Å². The van der Waals surface area contributed by atoms with Gasteiger partial charge in [0.25, 0.3) is 0 Å². The first-order valence-electron chi connectivity index (χ1n) is 8.04. The Bertz CT molecular complexity index is 466. The van der Waals surface area contributed by atoms with Crippen molar-refractivity contribution in [2.75, 3.05) is 19.6 Å². The molecule has 0 aliphatic carbocycles. The van der Waals surface area contributed by atoms with Crippen LogP contribution < -0.4 is 9.47 Å². The standard InChI is InChI=1S/C17H24F3NO2/c1-13(2)22-14-3-5-15(6-4-14)23-16-7-10-21(11-8-16)12-9-17(18,19)20/h3-6,13,16H,7-12H2,1-2H3. The maximum atomic E-state index is 12.2. The Kier molecular flexibility index (Phi) is 6.16. The van der Waals surface area contributed by atoms with E-state index in [-0.39, 0.29) is 18.8 Å². The molecule has 1 aliphatic heterocycles. The lowest BCUT2D eigenvalue weighted by Crippen LogP contribution is -2.39. The molecule has 1 fully saturated rings. The summed E-state index contributed by atoms with van der Waals surface area (Å²) in [6.45, 7) is 5.32. The predicted octanol–water partition coefficient (Wildman–Crippen LogP) is 4.27. The summed E-state index contributed by atoms with van der Waals surface area (Å²) in [7, 11) is 0. The molecule has 1 aromatic rings. The van der Waals surface area contributed by atoms with Gasteiger partial charge >= 0.3 is 6.18 Å². The minimum atomic E-state index is -4.08. The van der Waals surface area contributed by atoms with Crippen molar-refractivity contribution in [2.24, 2.45) is 0 Å². The fourth-order valence-electron chi connectivity index (χ4n) is 2.60. The van der Waals surface area contributed by atoms with Crippen molar-refractivity contribution in [1.29, 1.82) is 0 Å². The lowest BCUT2D eigenvalue weighted by Gasteiger charge is -2.32. The van der Waals surface area contributed by atoms with Crippen molar-refractivity contribution in [3.63, 3.8) is 0 Å². The number of likely N-dealkylation sites (tertiary alicyclic amines) is 1. The van der Waals surface area contributed by atoms with Crippen LogP contribution in [0.3, 0.4) is 0 Å². The molecule has 0 N–H and O–H groups in total. The molecule has 0 atom stereocenters. The Morgan fingerprint density at radius 2 is 1.65 bits per heavy atom. The van der Waals surface area contributed by atoms with Gasteiger partial charge in [0.2, 0.25) is 0 Å². The van der Waals surface area contributed by atoms with Crippen molar-refractivity contribution < 1.29 is 22.6 Å². The van der Waals surface area contributed by atoms with Gasteiger partial charge in [0.15, 0.2) is 0 Å². The second-order valence-electron chi connectivity index (χ2n) is 6.16. The molecule has 0 spiro atoms. The van der Waals surface area contributed by atoms with Gasteiger partial charge in [0.1, 0.15) is 17.6 Å². The highest BCUT2D eigenvalue weighted by molar-refractivity contribution is 5.31. The Balaban J connectivity index is 1.73. The molecular weight excluding hydrogens is 307 g/mol. The molecule has 23 heavy (non-hydrogen) atoms. The van der Waals surface area contributed by atoms with E-state index in [2.05, 4.69) is 0 Å². The van der Waals surface area contributed by atoms with Crippen molar-refractivity contribution >= 4 is 0 Å². The summed E-state index contributed by atoms with van der Waals surface area (Å²) in [5.74, 6) is 1.57. The Morgan fingerprint density at radius 3 is 2.17 bits per heavy atom. The first-order chi connectivity index (χ1) is 10.8. The molecule has 6 heteroatoms. The smallest absolute Gasteiger partial charge is 0.390 e. The molecule has 0 bridgehead atoms. The fraction of sp³-hybridized carbons (Fsp3) is 0.647. The second-order valence-corrected chi connectivity index (χ2v) is 6.16. The van der Waals surface area contributed by atoms with Crippen molar-refractivity contribution in [2.45, 2.75) is 51.5 Å². The van der Waals surface area contributed by atoms with Crippen molar-refractivity contribution in [1.82, 2.24) is 4.90 Å². The maximum absolute atomic E-state index is 12.2. The van der Waals surface area contributed by atoms with Crippen LogP contribution in [0.25, 0.3) is 0 Å². The van der Waals surface area contributed by atoms with Gasteiger partial charge in [0, 0.05) is 19.6 Å². The zero-order valence-corrected chi connectivity index (χ0v) is 13.6. The van der Waals surface area contributed by atoms with E-state index in [4.69, 9.17) is 9.47 Å². The van der Waals surface area contributed by atoms with E-state index in [1.165, 1.54) is 0 Å². The molecule has 0 saturated carbocycles. The Labute approximate surface area is 135 Å². The first-order valence-corrected chi connectivity index (χ1v) is 8.04. The van der Waals surface area contributed by atoms with E-state index < -0.39 is 12.6 Å². The van der Waals surface area contributed by atoms with Gasteiger partial charge < -0.3 is 14.4 Å². The molecule has 3 nitrogen and oxygen atoms in total. The van der Waals surface area contributed by atoms with Crippen molar-refractivity contribution in [3.8, 4) is 11.5 Å². The van der Waals surface area contributed by atoms with Crippen LogP contribution in [0.4, 0.5) is 13.2 Å². The van der Waals surface area contributed by atoms with Gasteiger partial charge in [-0.1, -0.05) is 0 Å². The largest absolute Gasteiger partial charge is 0.491 e. The van der Waals surface area contributed by atoms with E-state index in [0.29, 0.717) is 13.1 Å². The highest BCUT2D eigenvalue weighted by Gasteiger charge is 2.29. The summed E-state index contributed by atoms with van der Waals surface area (Å²) in [4.78, 5) is 1.85. The van der Waals surface area contributed by atoms with Crippen LogP contribution in [0.5, 0.6) is 11.5 Å². The normalized spacial score (nSPS) is 17.5. The number of nitrogens with zero attached hydrogens (tertiary/aromatic N) is 1. The molecule has 0 amide bonds. The number of hydrogen-bond donors (Lipinski definition) is 0. The number of piperidine rings is 1. The predicted molar refractivity (Wildman–Crippen MR) is 83.0 cm³/mol.